The quantitative estimate of drug-likeness (QED) is 0.425. The first-order valence-corrected chi connectivity index (χ1v) is 11.6. The van der Waals surface area contributed by atoms with Gasteiger partial charge in [-0.3, -0.25) is 24.1 Å². The van der Waals surface area contributed by atoms with Gasteiger partial charge in [0.15, 0.2) is 0 Å². The number of benzene rings is 3. The zero-order valence-corrected chi connectivity index (χ0v) is 19.2. The topological polar surface area (TPSA) is 74.6 Å². The van der Waals surface area contributed by atoms with Crippen molar-refractivity contribution in [3.63, 3.8) is 0 Å². The Bertz CT molecular complexity index is 1500. The van der Waals surface area contributed by atoms with E-state index in [-0.39, 0.29) is 17.9 Å². The molecule has 2 amide bonds. The lowest BCUT2D eigenvalue weighted by Crippen LogP contribution is -2.50. The maximum absolute atomic E-state index is 13.5. The van der Waals surface area contributed by atoms with Crippen LogP contribution in [0.2, 0.25) is 0 Å². The van der Waals surface area contributed by atoms with Crippen LogP contribution in [0.1, 0.15) is 17.2 Å². The molecule has 0 unspecified atom stereocenters. The van der Waals surface area contributed by atoms with Gasteiger partial charge in [-0.15, -0.1) is 10.2 Å². The van der Waals surface area contributed by atoms with Gasteiger partial charge in [-0.1, -0.05) is 60.7 Å². The van der Waals surface area contributed by atoms with Gasteiger partial charge in [0.25, 0.3) is 11.9 Å². The fourth-order valence-electron chi connectivity index (χ4n) is 5.72. The number of hydrogen-bond donors (Lipinski definition) is 0. The minimum absolute atomic E-state index is 0.174. The third-order valence-electron chi connectivity index (χ3n) is 7.37. The number of nitrogens with zero attached hydrogens (tertiary/aromatic N) is 6. The monoisotopic (exact) mass is 462 g/mol. The molecule has 2 fully saturated rings. The number of rotatable bonds is 2. The summed E-state index contributed by atoms with van der Waals surface area (Å²) in [7, 11) is 1.57. The lowest BCUT2D eigenvalue weighted by molar-refractivity contribution is -0.138. The number of aromatic nitrogens is 3. The Morgan fingerprint density at radius 2 is 1.51 bits per heavy atom. The van der Waals surface area contributed by atoms with Crippen LogP contribution < -0.4 is 10.0 Å². The van der Waals surface area contributed by atoms with Crippen LogP contribution in [0.5, 0.6) is 0 Å². The molecule has 1 aromatic heterocycles. The summed E-state index contributed by atoms with van der Waals surface area (Å²) in [6.45, 7) is 2.04. The molecule has 8 nitrogen and oxygen atoms in total. The number of amides is 2. The van der Waals surface area contributed by atoms with E-state index < -0.39 is 12.0 Å². The Morgan fingerprint density at radius 3 is 2.29 bits per heavy atom. The summed E-state index contributed by atoms with van der Waals surface area (Å²) in [5, 5.41) is 12.5. The van der Waals surface area contributed by atoms with Crippen LogP contribution in [0.4, 0.5) is 11.6 Å². The Kier molecular flexibility index (Phi) is 4.00. The maximum Gasteiger partial charge on any atom is 0.254 e. The van der Waals surface area contributed by atoms with Gasteiger partial charge < -0.3 is 0 Å². The molecule has 0 aliphatic carbocycles. The van der Waals surface area contributed by atoms with Crippen LogP contribution in [-0.2, 0) is 9.59 Å². The van der Waals surface area contributed by atoms with Gasteiger partial charge >= 0.3 is 0 Å². The van der Waals surface area contributed by atoms with Crippen molar-refractivity contribution in [2.75, 3.05) is 17.1 Å². The third kappa shape index (κ3) is 2.62. The Labute approximate surface area is 202 Å². The van der Waals surface area contributed by atoms with Crippen molar-refractivity contribution in [3.05, 3.63) is 90.3 Å². The van der Waals surface area contributed by atoms with Crippen molar-refractivity contribution >= 4 is 23.5 Å². The van der Waals surface area contributed by atoms with Gasteiger partial charge in [-0.2, -0.15) is 0 Å². The summed E-state index contributed by atoms with van der Waals surface area (Å²) < 4.78 is 1.89. The summed E-state index contributed by atoms with van der Waals surface area (Å²) in [6.07, 6.45) is 1.66. The highest BCUT2D eigenvalue weighted by atomic mass is 16.2. The Balaban J connectivity index is 1.43. The van der Waals surface area contributed by atoms with Gasteiger partial charge in [0.1, 0.15) is 12.4 Å². The van der Waals surface area contributed by atoms with Gasteiger partial charge in [-0.25, -0.2) is 5.01 Å². The van der Waals surface area contributed by atoms with Gasteiger partial charge in [0, 0.05) is 7.05 Å². The van der Waals surface area contributed by atoms with Crippen LogP contribution in [-0.4, -0.2) is 44.6 Å². The molecule has 7 rings (SSSR count). The van der Waals surface area contributed by atoms with E-state index in [1.54, 1.807) is 13.4 Å². The van der Waals surface area contributed by atoms with Crippen LogP contribution in [0, 0.1) is 12.8 Å². The zero-order valence-electron chi connectivity index (χ0n) is 19.2. The first kappa shape index (κ1) is 20.0. The second kappa shape index (κ2) is 7.02. The van der Waals surface area contributed by atoms with Crippen LogP contribution in [0.15, 0.2) is 79.1 Å². The van der Waals surface area contributed by atoms with E-state index in [4.69, 9.17) is 0 Å². The van der Waals surface area contributed by atoms with E-state index in [1.807, 2.05) is 46.8 Å². The van der Waals surface area contributed by atoms with Crippen molar-refractivity contribution in [2.24, 2.45) is 5.92 Å². The van der Waals surface area contributed by atoms with Crippen molar-refractivity contribution in [1.29, 1.82) is 0 Å². The molecule has 0 N–H and O–H groups in total. The first-order valence-electron chi connectivity index (χ1n) is 11.6. The highest BCUT2D eigenvalue weighted by molar-refractivity contribution is 6.10. The number of fused-ring (bicyclic) bond motifs is 8. The number of imide groups is 1. The van der Waals surface area contributed by atoms with E-state index in [0.29, 0.717) is 5.95 Å². The molecule has 3 atom stereocenters. The molecule has 8 heteroatoms. The number of carbonyl (C=O) groups is 2. The summed E-state index contributed by atoms with van der Waals surface area (Å²) in [4.78, 5) is 28.1. The van der Waals surface area contributed by atoms with Gasteiger partial charge in [-0.05, 0) is 41.3 Å². The molecule has 3 aromatic carbocycles. The summed E-state index contributed by atoms with van der Waals surface area (Å²) in [5.41, 5.74) is 6.13. The van der Waals surface area contributed by atoms with Crippen molar-refractivity contribution in [2.45, 2.75) is 19.0 Å². The molecule has 0 saturated carbocycles. The summed E-state index contributed by atoms with van der Waals surface area (Å²) in [5.74, 6) is -0.422. The molecule has 4 aromatic rings. The molecule has 2 saturated heterocycles. The second-order valence-corrected chi connectivity index (χ2v) is 9.32. The van der Waals surface area contributed by atoms with E-state index in [0.717, 1.165) is 33.6 Å². The van der Waals surface area contributed by atoms with Crippen LogP contribution in [0.25, 0.3) is 16.8 Å². The summed E-state index contributed by atoms with van der Waals surface area (Å²) >= 11 is 0. The highest BCUT2D eigenvalue weighted by Gasteiger charge is 2.63. The average Bonchev–Trinajstić information content (AvgIpc) is 3.56. The van der Waals surface area contributed by atoms with Crippen molar-refractivity contribution in [1.82, 2.24) is 19.7 Å². The second-order valence-electron chi connectivity index (χ2n) is 9.32. The van der Waals surface area contributed by atoms with E-state index in [9.17, 15) is 9.59 Å². The lowest BCUT2D eigenvalue weighted by atomic mass is 9.89. The Morgan fingerprint density at radius 1 is 0.771 bits per heavy atom. The Hall–Kier alpha value is -4.46. The molecular weight excluding hydrogens is 440 g/mol. The maximum atomic E-state index is 13.5. The number of aryl methyl sites for hydroxylation is 1. The van der Waals surface area contributed by atoms with E-state index >= 15 is 0 Å². The van der Waals surface area contributed by atoms with E-state index in [2.05, 4.69) is 57.7 Å². The average molecular weight is 463 g/mol. The molecule has 0 spiro atoms. The molecular formula is C27H22N6O2. The SMILES string of the molecule is Cc1ccc2c(c1)N1[C@@H](c3ccc(-c4ccccc4)cc3)[C@@H]3C(=O)N(C)C(=O)[C@@H]3N1c1nncn1-2. The smallest absolute Gasteiger partial charge is 0.254 e. The molecule has 3 aliphatic heterocycles. The fraction of sp³-hybridized carbons (Fsp3) is 0.185. The van der Waals surface area contributed by atoms with Crippen LogP contribution >= 0.6 is 0 Å². The zero-order chi connectivity index (χ0) is 23.8. The summed E-state index contributed by atoms with van der Waals surface area (Å²) in [6, 6.07) is 23.6. The van der Waals surface area contributed by atoms with Crippen molar-refractivity contribution in [3.8, 4) is 16.8 Å². The number of likely N-dealkylation sites (N-methyl/N-ethyl adjacent to an activating group) is 1. The molecule has 0 radical (unpaired) electrons. The number of carbonyl (C=O) groups excluding carboxylic acids is 2. The minimum Gasteiger partial charge on any atom is -0.283 e. The molecule has 0 bridgehead atoms. The van der Waals surface area contributed by atoms with E-state index in [1.165, 1.54) is 4.90 Å². The molecule has 172 valence electrons. The molecule has 35 heavy (non-hydrogen) atoms. The van der Waals surface area contributed by atoms with Crippen LogP contribution in [0.3, 0.4) is 0 Å². The lowest BCUT2D eigenvalue weighted by Gasteiger charge is -2.41. The highest BCUT2D eigenvalue weighted by Crippen LogP contribution is 2.53. The number of hydrogen-bond acceptors (Lipinski definition) is 6. The fourth-order valence-corrected chi connectivity index (χ4v) is 5.72. The molecule has 4 heterocycles. The predicted octanol–water partition coefficient (Wildman–Crippen LogP) is 3.52. The number of anilines is 2. The largest absolute Gasteiger partial charge is 0.283 e. The minimum atomic E-state index is -0.678. The number of hydrazine groups is 1. The number of likely N-dealkylation sites (tertiary alicyclic amines) is 1. The van der Waals surface area contributed by atoms with Gasteiger partial charge in [0.05, 0.1) is 23.3 Å². The predicted molar refractivity (Wildman–Crippen MR) is 131 cm³/mol. The normalized spacial score (nSPS) is 22.2. The third-order valence-corrected chi connectivity index (χ3v) is 7.37. The van der Waals surface area contributed by atoms with Gasteiger partial charge in [0.2, 0.25) is 5.91 Å². The first-order chi connectivity index (χ1) is 17.0. The van der Waals surface area contributed by atoms with Crippen molar-refractivity contribution < 1.29 is 9.59 Å². The molecule has 3 aliphatic rings. The standard InChI is InChI=1S/C27H22N6O2/c1-16-8-13-20-21(14-16)32-23(19-11-9-18(10-12-19)17-6-4-3-5-7-17)22-24(26(35)30(2)25(22)34)33(32)27-29-28-15-31(20)27/h3-15,22-24H,1-2H3/t22-,23-,24+/m0/s1.